The first-order chi connectivity index (χ1) is 5.82. The molecule has 13 heavy (non-hydrogen) atoms. The highest BCUT2D eigenvalue weighted by Crippen LogP contribution is 2.16. The summed E-state index contributed by atoms with van der Waals surface area (Å²) < 4.78 is 58.5. The van der Waals surface area contributed by atoms with Gasteiger partial charge in [-0.1, -0.05) is 0 Å². The van der Waals surface area contributed by atoms with Gasteiger partial charge in [-0.15, -0.1) is 0 Å². The van der Waals surface area contributed by atoms with Crippen molar-refractivity contribution < 1.29 is 21.6 Å². The fourth-order valence-corrected chi connectivity index (χ4v) is 1.32. The number of hydrogen-bond acceptors (Lipinski definition) is 2. The number of halogens is 3. The van der Waals surface area contributed by atoms with E-state index < -0.39 is 32.4 Å². The van der Waals surface area contributed by atoms with Crippen LogP contribution in [0.3, 0.4) is 0 Å². The Balaban J connectivity index is 3.50. The second-order valence-electron chi connectivity index (χ2n) is 2.24. The first-order valence-electron chi connectivity index (χ1n) is 2.99. The van der Waals surface area contributed by atoms with E-state index in [1.54, 1.807) is 0 Å². The van der Waals surface area contributed by atoms with Gasteiger partial charge in [-0.2, -0.15) is 0 Å². The topological polar surface area (TPSA) is 60.2 Å². The Bertz CT molecular complexity index is 443. The molecule has 0 bridgehead atoms. The van der Waals surface area contributed by atoms with E-state index in [1.165, 1.54) is 0 Å². The Morgan fingerprint density at radius 3 is 1.92 bits per heavy atom. The molecule has 0 amide bonds. The van der Waals surface area contributed by atoms with Gasteiger partial charge in [-0.25, -0.2) is 26.7 Å². The van der Waals surface area contributed by atoms with Crippen LogP contribution < -0.4 is 5.14 Å². The molecule has 7 heteroatoms. The van der Waals surface area contributed by atoms with Gasteiger partial charge in [-0.3, -0.25) is 0 Å². The lowest BCUT2D eigenvalue weighted by Gasteiger charge is -2.00. The van der Waals surface area contributed by atoms with Crippen molar-refractivity contribution in [2.24, 2.45) is 5.14 Å². The largest absolute Gasteiger partial charge is 0.241 e. The SMILES string of the molecule is NS(=O)(=O)c1cc(F)c(F)cc1F. The zero-order chi connectivity index (χ0) is 10.2. The summed E-state index contributed by atoms with van der Waals surface area (Å²) in [5.74, 6) is -4.35. The van der Waals surface area contributed by atoms with Crippen LogP contribution in [0.4, 0.5) is 13.2 Å². The molecule has 0 heterocycles. The Morgan fingerprint density at radius 2 is 1.46 bits per heavy atom. The summed E-state index contributed by atoms with van der Waals surface area (Å²) in [6.07, 6.45) is 0. The molecule has 1 aromatic rings. The molecular weight excluding hydrogens is 207 g/mol. The highest BCUT2D eigenvalue weighted by molar-refractivity contribution is 7.89. The molecule has 0 saturated heterocycles. The molecule has 0 unspecified atom stereocenters. The van der Waals surface area contributed by atoms with E-state index in [0.717, 1.165) is 0 Å². The molecule has 72 valence electrons. The highest BCUT2D eigenvalue weighted by atomic mass is 32.2. The molecule has 0 aliphatic rings. The second kappa shape index (κ2) is 3.00. The number of hydrogen-bond donors (Lipinski definition) is 1. The number of benzene rings is 1. The van der Waals surface area contributed by atoms with Gasteiger partial charge >= 0.3 is 0 Å². The molecule has 0 fully saturated rings. The molecule has 1 rings (SSSR count). The number of nitrogens with two attached hydrogens (primary N) is 1. The van der Waals surface area contributed by atoms with Crippen LogP contribution in [0.2, 0.25) is 0 Å². The van der Waals surface area contributed by atoms with Crippen molar-refractivity contribution in [3.8, 4) is 0 Å². The van der Waals surface area contributed by atoms with Crippen molar-refractivity contribution in [2.45, 2.75) is 4.90 Å². The molecule has 0 aromatic heterocycles. The Kier molecular flexibility index (Phi) is 2.31. The van der Waals surface area contributed by atoms with E-state index in [-0.39, 0.29) is 12.1 Å². The first-order valence-corrected chi connectivity index (χ1v) is 4.54. The van der Waals surface area contributed by atoms with Crippen LogP contribution in [0.5, 0.6) is 0 Å². The Morgan fingerprint density at radius 1 is 1.00 bits per heavy atom. The lowest BCUT2D eigenvalue weighted by Crippen LogP contribution is -2.14. The molecule has 0 saturated carbocycles. The van der Waals surface area contributed by atoms with Gasteiger partial charge in [0.25, 0.3) is 0 Å². The molecule has 2 N–H and O–H groups in total. The van der Waals surface area contributed by atoms with Crippen molar-refractivity contribution in [1.82, 2.24) is 0 Å². The average molecular weight is 211 g/mol. The van der Waals surface area contributed by atoms with Gasteiger partial charge in [0, 0.05) is 6.07 Å². The Hall–Kier alpha value is -1.08. The second-order valence-corrected chi connectivity index (χ2v) is 3.77. The maximum absolute atomic E-state index is 12.7. The van der Waals surface area contributed by atoms with Crippen molar-refractivity contribution in [3.05, 3.63) is 29.6 Å². The van der Waals surface area contributed by atoms with Gasteiger partial charge < -0.3 is 0 Å². The molecule has 0 aliphatic carbocycles. The van der Waals surface area contributed by atoms with Crippen molar-refractivity contribution in [1.29, 1.82) is 0 Å². The smallest absolute Gasteiger partial charge is 0.225 e. The standard InChI is InChI=1S/C6H4F3NO2S/c7-3-1-5(9)6(2-4(3)8)13(10,11)12/h1-2H,(H2,10,11,12). The maximum Gasteiger partial charge on any atom is 0.241 e. The lowest BCUT2D eigenvalue weighted by atomic mass is 10.3. The predicted molar refractivity (Wildman–Crippen MR) is 37.7 cm³/mol. The minimum Gasteiger partial charge on any atom is -0.225 e. The van der Waals surface area contributed by atoms with Gasteiger partial charge in [0.15, 0.2) is 11.6 Å². The van der Waals surface area contributed by atoms with E-state index in [9.17, 15) is 21.6 Å². The van der Waals surface area contributed by atoms with E-state index in [2.05, 4.69) is 5.14 Å². The molecular formula is C6H4F3NO2S. The molecule has 0 radical (unpaired) electrons. The van der Waals surface area contributed by atoms with Crippen molar-refractivity contribution in [3.63, 3.8) is 0 Å². The molecule has 1 aromatic carbocycles. The van der Waals surface area contributed by atoms with E-state index in [1.807, 2.05) is 0 Å². The van der Waals surface area contributed by atoms with Gasteiger partial charge in [0.1, 0.15) is 10.7 Å². The monoisotopic (exact) mass is 211 g/mol. The zero-order valence-electron chi connectivity index (χ0n) is 6.09. The quantitative estimate of drug-likeness (QED) is 0.697. The normalized spacial score (nSPS) is 11.7. The van der Waals surface area contributed by atoms with Crippen LogP contribution in [0.15, 0.2) is 17.0 Å². The summed E-state index contributed by atoms with van der Waals surface area (Å²) in [7, 11) is -4.35. The zero-order valence-corrected chi connectivity index (χ0v) is 6.91. The van der Waals surface area contributed by atoms with Gasteiger partial charge in [0.05, 0.1) is 0 Å². The molecule has 0 atom stereocenters. The molecule has 3 nitrogen and oxygen atoms in total. The summed E-state index contributed by atoms with van der Waals surface area (Å²) in [6.45, 7) is 0. The van der Waals surface area contributed by atoms with Gasteiger partial charge in [-0.05, 0) is 6.07 Å². The van der Waals surface area contributed by atoms with Crippen molar-refractivity contribution in [2.75, 3.05) is 0 Å². The summed E-state index contributed by atoms with van der Waals surface area (Å²) in [5.41, 5.74) is 0. The average Bonchev–Trinajstić information content (AvgIpc) is 1.94. The number of sulfonamides is 1. The fraction of sp³-hybridized carbons (Fsp3) is 0. The van der Waals surface area contributed by atoms with Gasteiger partial charge in [0.2, 0.25) is 10.0 Å². The summed E-state index contributed by atoms with van der Waals surface area (Å²) in [6, 6.07) is 0.315. The van der Waals surface area contributed by atoms with Crippen LogP contribution in [-0.4, -0.2) is 8.42 Å². The minimum atomic E-state index is -4.35. The van der Waals surface area contributed by atoms with E-state index in [4.69, 9.17) is 0 Å². The van der Waals surface area contributed by atoms with Crippen LogP contribution in [0, 0.1) is 17.5 Å². The highest BCUT2D eigenvalue weighted by Gasteiger charge is 2.17. The number of rotatable bonds is 1. The molecule has 0 spiro atoms. The summed E-state index contributed by atoms with van der Waals surface area (Å²) >= 11 is 0. The molecule has 0 aliphatic heterocycles. The lowest BCUT2D eigenvalue weighted by molar-refractivity contribution is 0.482. The van der Waals surface area contributed by atoms with Crippen LogP contribution in [0.25, 0.3) is 0 Å². The first kappa shape index (κ1) is 10.0. The van der Waals surface area contributed by atoms with E-state index >= 15 is 0 Å². The predicted octanol–water partition coefficient (Wildman–Crippen LogP) is 0.751. The van der Waals surface area contributed by atoms with Crippen LogP contribution in [0.1, 0.15) is 0 Å². The third-order valence-electron chi connectivity index (χ3n) is 1.28. The third-order valence-corrected chi connectivity index (χ3v) is 2.21. The van der Waals surface area contributed by atoms with Crippen LogP contribution in [-0.2, 0) is 10.0 Å². The van der Waals surface area contributed by atoms with E-state index in [0.29, 0.717) is 0 Å². The Labute approximate surface area is 72.0 Å². The minimum absolute atomic E-state index is 0.120. The third kappa shape index (κ3) is 1.99. The summed E-state index contributed by atoms with van der Waals surface area (Å²) in [5, 5.41) is 4.52. The maximum atomic E-state index is 12.7. The number of primary sulfonamides is 1. The fourth-order valence-electron chi connectivity index (χ4n) is 0.722. The van der Waals surface area contributed by atoms with Crippen molar-refractivity contribution >= 4 is 10.0 Å². The summed E-state index contributed by atoms with van der Waals surface area (Å²) in [4.78, 5) is -1.06. The van der Waals surface area contributed by atoms with Crippen LogP contribution >= 0.6 is 0 Å².